The minimum absolute atomic E-state index is 0.154. The Bertz CT molecular complexity index is 535. The summed E-state index contributed by atoms with van der Waals surface area (Å²) in [5, 5.41) is 32.4. The Hall–Kier alpha value is -1.46. The average molecular weight is 256 g/mol. The van der Waals surface area contributed by atoms with Crippen LogP contribution in [0.3, 0.4) is 0 Å². The Balaban J connectivity index is 3.05. The van der Waals surface area contributed by atoms with Gasteiger partial charge in [0.25, 0.3) is 0 Å². The number of primary sulfonamides is 1. The van der Waals surface area contributed by atoms with Crippen molar-refractivity contribution in [3.05, 3.63) is 29.8 Å². The number of nitriles is 1. The van der Waals surface area contributed by atoms with Gasteiger partial charge in [0.2, 0.25) is 10.0 Å². The Morgan fingerprint density at radius 3 is 2.59 bits per heavy atom. The molecule has 0 bridgehead atoms. The first-order valence-electron chi connectivity index (χ1n) is 4.72. The molecule has 4 N–H and O–H groups in total. The number of aliphatic hydroxyl groups excluding tert-OH is 2. The number of sulfonamides is 1. The van der Waals surface area contributed by atoms with E-state index >= 15 is 0 Å². The van der Waals surface area contributed by atoms with E-state index in [2.05, 4.69) is 0 Å². The van der Waals surface area contributed by atoms with E-state index in [4.69, 9.17) is 10.4 Å². The predicted octanol–water partition coefficient (Wildman–Crippen LogP) is -0.358. The first-order chi connectivity index (χ1) is 7.86. The Kier molecular flexibility index (Phi) is 4.20. The first kappa shape index (κ1) is 13.6. The minimum atomic E-state index is -3.85. The highest BCUT2D eigenvalue weighted by atomic mass is 32.2. The van der Waals surface area contributed by atoms with Crippen molar-refractivity contribution in [2.24, 2.45) is 5.14 Å². The maximum Gasteiger partial charge on any atom is 0.238 e. The van der Waals surface area contributed by atoms with Crippen molar-refractivity contribution in [2.45, 2.75) is 23.5 Å². The lowest BCUT2D eigenvalue weighted by Crippen LogP contribution is -2.18. The lowest BCUT2D eigenvalue weighted by Gasteiger charge is -2.15. The average Bonchev–Trinajstić information content (AvgIpc) is 2.27. The van der Waals surface area contributed by atoms with E-state index in [0.717, 1.165) is 0 Å². The van der Waals surface area contributed by atoms with Crippen molar-refractivity contribution >= 4 is 10.0 Å². The zero-order valence-electron chi connectivity index (χ0n) is 8.81. The molecule has 0 aromatic heterocycles. The van der Waals surface area contributed by atoms with Gasteiger partial charge < -0.3 is 10.2 Å². The summed E-state index contributed by atoms with van der Waals surface area (Å²) < 4.78 is 22.2. The van der Waals surface area contributed by atoms with Gasteiger partial charge in [0.1, 0.15) is 6.10 Å². The third-order valence-electron chi connectivity index (χ3n) is 2.19. The van der Waals surface area contributed by atoms with Crippen molar-refractivity contribution in [1.29, 1.82) is 5.26 Å². The highest BCUT2D eigenvalue weighted by molar-refractivity contribution is 7.89. The van der Waals surface area contributed by atoms with Crippen LogP contribution in [0.2, 0.25) is 0 Å². The number of hydrogen-bond donors (Lipinski definition) is 3. The molecule has 92 valence electrons. The summed E-state index contributed by atoms with van der Waals surface area (Å²) in [5.41, 5.74) is 0.194. The molecular weight excluding hydrogens is 244 g/mol. The molecule has 6 nitrogen and oxygen atoms in total. The number of nitrogens with zero attached hydrogens (tertiary/aromatic N) is 1. The molecule has 0 saturated heterocycles. The minimum Gasteiger partial charge on any atom is -0.389 e. The predicted molar refractivity (Wildman–Crippen MR) is 59.0 cm³/mol. The smallest absolute Gasteiger partial charge is 0.238 e. The van der Waals surface area contributed by atoms with Crippen molar-refractivity contribution in [1.82, 2.24) is 0 Å². The van der Waals surface area contributed by atoms with Crippen LogP contribution in [0.1, 0.15) is 18.1 Å². The molecule has 0 radical (unpaired) electrons. The first-order valence-corrected chi connectivity index (χ1v) is 6.26. The number of rotatable bonds is 4. The Labute approximate surface area is 99.0 Å². The summed E-state index contributed by atoms with van der Waals surface area (Å²) in [4.78, 5) is -0.154. The van der Waals surface area contributed by atoms with E-state index < -0.39 is 22.2 Å². The molecule has 0 spiro atoms. The van der Waals surface area contributed by atoms with Crippen LogP contribution in [0.25, 0.3) is 0 Å². The molecule has 2 unspecified atom stereocenters. The molecule has 7 heteroatoms. The molecule has 17 heavy (non-hydrogen) atoms. The van der Waals surface area contributed by atoms with Crippen LogP contribution < -0.4 is 5.14 Å². The molecule has 0 aliphatic carbocycles. The quantitative estimate of drug-likeness (QED) is 0.678. The van der Waals surface area contributed by atoms with Gasteiger partial charge in [-0.15, -0.1) is 0 Å². The molecule has 0 saturated carbocycles. The molecule has 0 amide bonds. The fraction of sp³-hybridized carbons (Fsp3) is 0.300. The highest BCUT2D eigenvalue weighted by Crippen LogP contribution is 2.21. The normalized spacial score (nSPS) is 14.9. The standard InChI is InChI=1S/C10H12N2O4S/c11-5-4-9(13)10(14)7-2-1-3-8(6-7)17(12,15)16/h1-3,6,9-10,13-14H,4H2,(H2,12,15,16). The molecule has 2 atom stereocenters. The van der Waals surface area contributed by atoms with Crippen molar-refractivity contribution in [3.8, 4) is 6.07 Å². The van der Waals surface area contributed by atoms with Crippen LogP contribution in [0.15, 0.2) is 29.2 Å². The Morgan fingerprint density at radius 1 is 1.41 bits per heavy atom. The van der Waals surface area contributed by atoms with Gasteiger partial charge in [0.15, 0.2) is 0 Å². The van der Waals surface area contributed by atoms with E-state index in [0.29, 0.717) is 0 Å². The monoisotopic (exact) mass is 256 g/mol. The molecule has 1 rings (SSSR count). The fourth-order valence-electron chi connectivity index (χ4n) is 1.30. The molecule has 1 aromatic rings. The molecule has 0 fully saturated rings. The van der Waals surface area contributed by atoms with Crippen molar-refractivity contribution < 1.29 is 18.6 Å². The Morgan fingerprint density at radius 2 is 2.06 bits per heavy atom. The van der Waals surface area contributed by atoms with Gasteiger partial charge in [0.05, 0.1) is 23.5 Å². The molecular formula is C10H12N2O4S. The number of hydrogen-bond acceptors (Lipinski definition) is 5. The molecule has 0 aliphatic heterocycles. The van der Waals surface area contributed by atoms with Gasteiger partial charge in [-0.05, 0) is 17.7 Å². The SMILES string of the molecule is N#CCC(O)C(O)c1cccc(S(N)(=O)=O)c1. The second-order valence-corrected chi connectivity index (χ2v) is 5.05. The van der Waals surface area contributed by atoms with E-state index in [9.17, 15) is 18.6 Å². The molecule has 0 aliphatic rings. The van der Waals surface area contributed by atoms with E-state index in [-0.39, 0.29) is 16.9 Å². The zero-order valence-corrected chi connectivity index (χ0v) is 9.63. The second kappa shape index (κ2) is 5.25. The molecule has 0 heterocycles. The lowest BCUT2D eigenvalue weighted by molar-refractivity contribution is 0.0215. The second-order valence-electron chi connectivity index (χ2n) is 3.49. The maximum atomic E-state index is 11.1. The van der Waals surface area contributed by atoms with Crippen molar-refractivity contribution in [3.63, 3.8) is 0 Å². The summed E-state index contributed by atoms with van der Waals surface area (Å²) in [6, 6.07) is 7.00. The summed E-state index contributed by atoms with van der Waals surface area (Å²) >= 11 is 0. The van der Waals surface area contributed by atoms with Gasteiger partial charge in [0, 0.05) is 0 Å². The number of benzene rings is 1. The van der Waals surface area contributed by atoms with Gasteiger partial charge >= 0.3 is 0 Å². The third kappa shape index (κ3) is 3.51. The van der Waals surface area contributed by atoms with Crippen LogP contribution in [-0.2, 0) is 10.0 Å². The van der Waals surface area contributed by atoms with Crippen LogP contribution in [0.5, 0.6) is 0 Å². The third-order valence-corrected chi connectivity index (χ3v) is 3.10. The highest BCUT2D eigenvalue weighted by Gasteiger charge is 2.19. The van der Waals surface area contributed by atoms with Gasteiger partial charge in [-0.3, -0.25) is 0 Å². The summed E-state index contributed by atoms with van der Waals surface area (Å²) in [6.45, 7) is 0. The van der Waals surface area contributed by atoms with Gasteiger partial charge in [-0.1, -0.05) is 12.1 Å². The lowest BCUT2D eigenvalue weighted by atomic mass is 10.0. The van der Waals surface area contributed by atoms with E-state index in [1.54, 1.807) is 6.07 Å². The van der Waals surface area contributed by atoms with Crippen LogP contribution in [-0.4, -0.2) is 24.7 Å². The fourth-order valence-corrected chi connectivity index (χ4v) is 1.87. The zero-order chi connectivity index (χ0) is 13.1. The molecule has 1 aromatic carbocycles. The maximum absolute atomic E-state index is 11.1. The van der Waals surface area contributed by atoms with Crippen LogP contribution in [0, 0.1) is 11.3 Å². The topological polar surface area (TPSA) is 124 Å². The largest absolute Gasteiger partial charge is 0.389 e. The summed E-state index contributed by atoms with van der Waals surface area (Å²) in [5.74, 6) is 0. The number of nitrogens with two attached hydrogens (primary N) is 1. The van der Waals surface area contributed by atoms with Gasteiger partial charge in [-0.2, -0.15) is 5.26 Å². The van der Waals surface area contributed by atoms with E-state index in [1.807, 2.05) is 0 Å². The van der Waals surface area contributed by atoms with Crippen molar-refractivity contribution in [2.75, 3.05) is 0 Å². The van der Waals surface area contributed by atoms with Crippen LogP contribution in [0.4, 0.5) is 0 Å². The summed E-state index contributed by atoms with van der Waals surface area (Å²) in [6.07, 6.45) is -2.84. The van der Waals surface area contributed by atoms with Crippen LogP contribution >= 0.6 is 0 Å². The van der Waals surface area contributed by atoms with Gasteiger partial charge in [-0.25, -0.2) is 13.6 Å². The number of aliphatic hydroxyl groups is 2. The summed E-state index contributed by atoms with van der Waals surface area (Å²) in [7, 11) is -3.85. The van der Waals surface area contributed by atoms with E-state index in [1.165, 1.54) is 24.3 Å².